The van der Waals surface area contributed by atoms with Crippen LogP contribution in [0.15, 0.2) is 69.8 Å². The number of benzene rings is 3. The second-order valence-corrected chi connectivity index (χ2v) is 7.43. The molecule has 1 aliphatic heterocycles. The fourth-order valence-electron chi connectivity index (χ4n) is 3.22. The first kappa shape index (κ1) is 19.2. The van der Waals surface area contributed by atoms with Gasteiger partial charge in [-0.25, -0.2) is 4.79 Å². The SMILES string of the molecule is COc1cc(/C=C2/C(=O)ON=C2C)cc(Br)c1OCc1cccc2ccccc12. The van der Waals surface area contributed by atoms with E-state index in [1.165, 1.54) is 5.39 Å². The topological polar surface area (TPSA) is 57.1 Å². The van der Waals surface area contributed by atoms with Crippen LogP contribution in [-0.4, -0.2) is 18.8 Å². The average Bonchev–Trinajstić information content (AvgIpc) is 3.04. The lowest BCUT2D eigenvalue weighted by molar-refractivity contribution is -0.136. The molecule has 146 valence electrons. The lowest BCUT2D eigenvalue weighted by atomic mass is 10.1. The highest BCUT2D eigenvalue weighted by atomic mass is 79.9. The summed E-state index contributed by atoms with van der Waals surface area (Å²) in [6.45, 7) is 2.12. The Kier molecular flexibility index (Phi) is 5.36. The van der Waals surface area contributed by atoms with Crippen LogP contribution < -0.4 is 9.47 Å². The van der Waals surface area contributed by atoms with E-state index >= 15 is 0 Å². The number of rotatable bonds is 5. The lowest BCUT2D eigenvalue weighted by Gasteiger charge is -2.15. The maximum Gasteiger partial charge on any atom is 0.367 e. The zero-order valence-corrected chi connectivity index (χ0v) is 17.5. The molecule has 0 aromatic heterocycles. The Hall–Kier alpha value is -3.12. The third kappa shape index (κ3) is 3.89. The summed E-state index contributed by atoms with van der Waals surface area (Å²) in [6.07, 6.45) is 1.72. The molecular weight excluding hydrogens is 434 g/mol. The minimum absolute atomic E-state index is 0.398. The van der Waals surface area contributed by atoms with Crippen molar-refractivity contribution in [1.82, 2.24) is 0 Å². The molecule has 0 saturated carbocycles. The Bertz CT molecular complexity index is 1160. The molecule has 3 aromatic carbocycles. The number of methoxy groups -OCH3 is 1. The molecule has 0 N–H and O–H groups in total. The highest BCUT2D eigenvalue weighted by Gasteiger charge is 2.22. The number of halogens is 1. The predicted octanol–water partition coefficient (Wildman–Crippen LogP) is 5.51. The molecular formula is C23H18BrNO4. The largest absolute Gasteiger partial charge is 0.493 e. The number of fused-ring (bicyclic) bond motifs is 1. The zero-order chi connectivity index (χ0) is 20.4. The molecule has 5 nitrogen and oxygen atoms in total. The smallest absolute Gasteiger partial charge is 0.367 e. The van der Waals surface area contributed by atoms with Crippen molar-refractivity contribution in [3.8, 4) is 11.5 Å². The van der Waals surface area contributed by atoms with Gasteiger partial charge in [0.2, 0.25) is 0 Å². The number of oxime groups is 1. The molecule has 0 amide bonds. The van der Waals surface area contributed by atoms with E-state index in [0.29, 0.717) is 29.4 Å². The molecule has 0 atom stereocenters. The van der Waals surface area contributed by atoms with Crippen molar-refractivity contribution in [3.63, 3.8) is 0 Å². The molecule has 29 heavy (non-hydrogen) atoms. The molecule has 6 heteroatoms. The van der Waals surface area contributed by atoms with Gasteiger partial charge in [-0.3, -0.25) is 0 Å². The summed E-state index contributed by atoms with van der Waals surface area (Å²) < 4.78 is 12.4. The van der Waals surface area contributed by atoms with Crippen molar-refractivity contribution in [2.24, 2.45) is 5.16 Å². The van der Waals surface area contributed by atoms with Gasteiger partial charge in [0.15, 0.2) is 11.5 Å². The van der Waals surface area contributed by atoms with E-state index in [4.69, 9.17) is 14.3 Å². The molecule has 0 unspecified atom stereocenters. The summed E-state index contributed by atoms with van der Waals surface area (Å²) in [5.74, 6) is 0.697. The molecule has 0 bridgehead atoms. The van der Waals surface area contributed by atoms with Crippen LogP contribution in [0.25, 0.3) is 16.8 Å². The molecule has 0 radical (unpaired) electrons. The van der Waals surface area contributed by atoms with Gasteiger partial charge in [-0.2, -0.15) is 0 Å². The van der Waals surface area contributed by atoms with E-state index in [1.807, 2.05) is 30.3 Å². The minimum atomic E-state index is -0.464. The molecule has 0 saturated heterocycles. The van der Waals surface area contributed by atoms with E-state index < -0.39 is 5.97 Å². The maximum atomic E-state index is 11.8. The van der Waals surface area contributed by atoms with Crippen molar-refractivity contribution in [3.05, 3.63) is 75.8 Å². The molecule has 1 aliphatic rings. The van der Waals surface area contributed by atoms with Crippen molar-refractivity contribution < 1.29 is 19.1 Å². The van der Waals surface area contributed by atoms with E-state index in [0.717, 1.165) is 21.0 Å². The fraction of sp³-hybridized carbons (Fsp3) is 0.130. The number of carbonyl (C=O) groups is 1. The van der Waals surface area contributed by atoms with Gasteiger partial charge in [0.05, 0.1) is 22.9 Å². The van der Waals surface area contributed by atoms with Crippen LogP contribution >= 0.6 is 15.9 Å². The third-order valence-electron chi connectivity index (χ3n) is 4.69. The van der Waals surface area contributed by atoms with Crippen LogP contribution in [0, 0.1) is 0 Å². The van der Waals surface area contributed by atoms with Crippen LogP contribution in [0.2, 0.25) is 0 Å². The number of ether oxygens (including phenoxy) is 2. The Labute approximate surface area is 176 Å². The number of carbonyl (C=O) groups excluding carboxylic acids is 1. The van der Waals surface area contributed by atoms with Gasteiger partial charge in [0, 0.05) is 0 Å². The highest BCUT2D eigenvalue weighted by Crippen LogP contribution is 2.38. The second-order valence-electron chi connectivity index (χ2n) is 6.57. The summed E-state index contributed by atoms with van der Waals surface area (Å²) >= 11 is 3.56. The monoisotopic (exact) mass is 451 g/mol. The molecule has 0 fully saturated rings. The summed E-state index contributed by atoms with van der Waals surface area (Å²) in [4.78, 5) is 16.5. The van der Waals surface area contributed by atoms with Crippen molar-refractivity contribution in [1.29, 1.82) is 0 Å². The summed E-state index contributed by atoms with van der Waals surface area (Å²) in [6, 6.07) is 18.0. The Morgan fingerprint density at radius 2 is 1.93 bits per heavy atom. The van der Waals surface area contributed by atoms with Gasteiger partial charge >= 0.3 is 5.97 Å². The standard InChI is InChI=1S/C23H18BrNO4/c1-14-19(23(26)29-25-14)10-15-11-20(24)22(21(12-15)27-2)28-13-17-8-5-7-16-6-3-4-9-18(16)17/h3-12H,13H2,1-2H3/b19-10+. The Balaban J connectivity index is 1.63. The first-order valence-corrected chi connectivity index (χ1v) is 9.81. The number of hydrogen-bond donors (Lipinski definition) is 0. The van der Waals surface area contributed by atoms with Crippen molar-refractivity contribution in [2.45, 2.75) is 13.5 Å². The van der Waals surface area contributed by atoms with Crippen LogP contribution in [-0.2, 0) is 16.2 Å². The quantitative estimate of drug-likeness (QED) is 0.379. The number of hydrogen-bond acceptors (Lipinski definition) is 5. The fourth-order valence-corrected chi connectivity index (χ4v) is 3.79. The highest BCUT2D eigenvalue weighted by molar-refractivity contribution is 9.10. The van der Waals surface area contributed by atoms with Gasteiger partial charge < -0.3 is 14.3 Å². The Morgan fingerprint density at radius 1 is 1.14 bits per heavy atom. The molecule has 4 rings (SSSR count). The van der Waals surface area contributed by atoms with Gasteiger partial charge in [0.1, 0.15) is 6.61 Å². The van der Waals surface area contributed by atoms with E-state index in [9.17, 15) is 4.79 Å². The van der Waals surface area contributed by atoms with E-state index in [1.54, 1.807) is 20.1 Å². The average molecular weight is 452 g/mol. The molecule has 1 heterocycles. The van der Waals surface area contributed by atoms with Crippen LogP contribution in [0.1, 0.15) is 18.1 Å². The molecule has 0 aliphatic carbocycles. The van der Waals surface area contributed by atoms with E-state index in [2.05, 4.69) is 45.4 Å². The summed E-state index contributed by atoms with van der Waals surface area (Å²) in [5.41, 5.74) is 2.82. The maximum absolute atomic E-state index is 11.8. The number of nitrogens with zero attached hydrogens (tertiary/aromatic N) is 1. The van der Waals surface area contributed by atoms with Gasteiger partial charge in [0.25, 0.3) is 0 Å². The van der Waals surface area contributed by atoms with Crippen molar-refractivity contribution >= 4 is 44.5 Å². The molecule has 3 aromatic rings. The first-order valence-electron chi connectivity index (χ1n) is 9.02. The lowest BCUT2D eigenvalue weighted by Crippen LogP contribution is -2.02. The van der Waals surface area contributed by atoms with E-state index in [-0.39, 0.29) is 0 Å². The third-order valence-corrected chi connectivity index (χ3v) is 5.28. The van der Waals surface area contributed by atoms with Gasteiger partial charge in [-0.05, 0) is 63.0 Å². The van der Waals surface area contributed by atoms with Gasteiger partial charge in [-0.15, -0.1) is 0 Å². The van der Waals surface area contributed by atoms with Crippen molar-refractivity contribution in [2.75, 3.05) is 7.11 Å². The predicted molar refractivity (Wildman–Crippen MR) is 116 cm³/mol. The summed E-state index contributed by atoms with van der Waals surface area (Å²) in [5, 5.41) is 6.02. The zero-order valence-electron chi connectivity index (χ0n) is 15.9. The van der Waals surface area contributed by atoms with Gasteiger partial charge in [-0.1, -0.05) is 47.6 Å². The van der Waals surface area contributed by atoms with Crippen LogP contribution in [0.4, 0.5) is 0 Å². The minimum Gasteiger partial charge on any atom is -0.493 e. The Morgan fingerprint density at radius 3 is 2.69 bits per heavy atom. The van der Waals surface area contributed by atoms with Crippen LogP contribution in [0.3, 0.4) is 0 Å². The van der Waals surface area contributed by atoms with Crippen LogP contribution in [0.5, 0.6) is 11.5 Å². The second kappa shape index (κ2) is 8.09. The first-order chi connectivity index (χ1) is 14.1. The normalized spacial score (nSPS) is 14.8. The molecule has 0 spiro atoms. The summed E-state index contributed by atoms with van der Waals surface area (Å²) in [7, 11) is 1.58.